The second-order valence-electron chi connectivity index (χ2n) is 9.04. The van der Waals surface area contributed by atoms with Crippen LogP contribution in [0, 0.1) is 0 Å². The Labute approximate surface area is 222 Å². The van der Waals surface area contributed by atoms with Crippen molar-refractivity contribution in [3.63, 3.8) is 0 Å². The highest BCUT2D eigenvalue weighted by atomic mass is 35.5. The van der Waals surface area contributed by atoms with E-state index in [2.05, 4.69) is 5.32 Å². The van der Waals surface area contributed by atoms with Gasteiger partial charge in [-0.3, -0.25) is 9.59 Å². The Morgan fingerprint density at radius 2 is 1.53 bits per heavy atom. The molecule has 5 nitrogen and oxygen atoms in total. The van der Waals surface area contributed by atoms with E-state index in [1.54, 1.807) is 29.2 Å². The smallest absolute Gasteiger partial charge is 0.243 e. The lowest BCUT2D eigenvalue weighted by molar-refractivity contribution is -0.141. The van der Waals surface area contributed by atoms with Crippen LogP contribution in [0.3, 0.4) is 0 Å². The minimum Gasteiger partial charge on any atom is -0.376 e. The van der Waals surface area contributed by atoms with Gasteiger partial charge in [-0.2, -0.15) is 0 Å². The number of carbonyl (C=O) groups is 2. The fourth-order valence-electron chi connectivity index (χ4n) is 4.36. The summed E-state index contributed by atoms with van der Waals surface area (Å²) in [7, 11) is 0. The first-order valence-electron chi connectivity index (χ1n) is 12.2. The van der Waals surface area contributed by atoms with E-state index in [0.717, 1.165) is 36.1 Å². The highest BCUT2D eigenvalue weighted by Gasteiger charge is 2.31. The number of halogens is 2. The second-order valence-corrected chi connectivity index (χ2v) is 9.91. The zero-order valence-electron chi connectivity index (χ0n) is 20.0. The summed E-state index contributed by atoms with van der Waals surface area (Å²) in [6, 6.07) is 23.6. The Hall–Kier alpha value is -2.86. The van der Waals surface area contributed by atoms with Gasteiger partial charge in [-0.25, -0.2) is 0 Å². The van der Waals surface area contributed by atoms with Gasteiger partial charge in [-0.1, -0.05) is 77.8 Å². The number of hydrogen-bond acceptors (Lipinski definition) is 3. The SMILES string of the molecule is O=C(NC[C@@H]1CCCO1)[C@H](Cc1ccccc1)N(Cc1ccc(Cl)cc1)C(=O)Cc1ccc(Cl)cc1. The molecule has 3 aromatic carbocycles. The van der Waals surface area contributed by atoms with Crippen molar-refractivity contribution < 1.29 is 14.3 Å². The van der Waals surface area contributed by atoms with Crippen molar-refractivity contribution in [1.29, 1.82) is 0 Å². The van der Waals surface area contributed by atoms with Gasteiger partial charge in [0.15, 0.2) is 0 Å². The van der Waals surface area contributed by atoms with Crippen molar-refractivity contribution >= 4 is 35.0 Å². The molecule has 2 atom stereocenters. The summed E-state index contributed by atoms with van der Waals surface area (Å²) in [6.07, 6.45) is 2.50. The van der Waals surface area contributed by atoms with Gasteiger partial charge < -0.3 is 15.0 Å². The van der Waals surface area contributed by atoms with E-state index in [4.69, 9.17) is 27.9 Å². The van der Waals surface area contributed by atoms with Gasteiger partial charge in [-0.05, 0) is 53.8 Å². The van der Waals surface area contributed by atoms with Crippen molar-refractivity contribution in [2.75, 3.05) is 13.2 Å². The number of carbonyl (C=O) groups excluding carboxylic acids is 2. The molecular formula is C29H30Cl2N2O3. The van der Waals surface area contributed by atoms with E-state index < -0.39 is 6.04 Å². The van der Waals surface area contributed by atoms with Crippen LogP contribution in [0.4, 0.5) is 0 Å². The lowest BCUT2D eigenvalue weighted by Crippen LogP contribution is -2.52. The summed E-state index contributed by atoms with van der Waals surface area (Å²) in [5.41, 5.74) is 2.72. The molecule has 0 radical (unpaired) electrons. The maximum Gasteiger partial charge on any atom is 0.243 e. The summed E-state index contributed by atoms with van der Waals surface area (Å²) in [4.78, 5) is 29.0. The number of nitrogens with zero attached hydrogens (tertiary/aromatic N) is 1. The monoisotopic (exact) mass is 524 g/mol. The van der Waals surface area contributed by atoms with Crippen molar-refractivity contribution in [1.82, 2.24) is 10.2 Å². The van der Waals surface area contributed by atoms with E-state index >= 15 is 0 Å². The Kier molecular flexibility index (Phi) is 9.40. The first-order chi connectivity index (χ1) is 17.5. The Morgan fingerprint density at radius 1 is 0.889 bits per heavy atom. The maximum absolute atomic E-state index is 13.7. The lowest BCUT2D eigenvalue weighted by Gasteiger charge is -2.32. The summed E-state index contributed by atoms with van der Waals surface area (Å²) >= 11 is 12.1. The molecule has 0 saturated carbocycles. The first-order valence-corrected chi connectivity index (χ1v) is 12.9. The second kappa shape index (κ2) is 12.9. The van der Waals surface area contributed by atoms with Gasteiger partial charge in [0.25, 0.3) is 0 Å². The molecule has 4 rings (SSSR count). The number of rotatable bonds is 10. The van der Waals surface area contributed by atoms with Gasteiger partial charge in [0.2, 0.25) is 11.8 Å². The highest BCUT2D eigenvalue weighted by molar-refractivity contribution is 6.30. The summed E-state index contributed by atoms with van der Waals surface area (Å²) < 4.78 is 5.69. The zero-order valence-corrected chi connectivity index (χ0v) is 21.5. The molecule has 188 valence electrons. The summed E-state index contributed by atoms with van der Waals surface area (Å²) in [6.45, 7) is 1.44. The predicted octanol–water partition coefficient (Wildman–Crippen LogP) is 5.47. The van der Waals surface area contributed by atoms with Gasteiger partial charge in [0, 0.05) is 36.2 Å². The van der Waals surface area contributed by atoms with Crippen LogP contribution in [-0.4, -0.2) is 42.0 Å². The molecule has 0 unspecified atom stereocenters. The van der Waals surface area contributed by atoms with Crippen LogP contribution in [0.5, 0.6) is 0 Å². The van der Waals surface area contributed by atoms with Crippen molar-refractivity contribution in [3.05, 3.63) is 106 Å². The van der Waals surface area contributed by atoms with Crippen LogP contribution < -0.4 is 5.32 Å². The van der Waals surface area contributed by atoms with Crippen LogP contribution in [-0.2, 0) is 33.7 Å². The van der Waals surface area contributed by atoms with Crippen LogP contribution in [0.15, 0.2) is 78.9 Å². The van der Waals surface area contributed by atoms with Crippen LogP contribution in [0.2, 0.25) is 10.0 Å². The fraction of sp³-hybridized carbons (Fsp3) is 0.310. The van der Waals surface area contributed by atoms with Gasteiger partial charge >= 0.3 is 0 Å². The molecule has 1 N–H and O–H groups in total. The normalized spacial score (nSPS) is 15.9. The standard InChI is InChI=1S/C29H30Cl2N2O3/c30-24-12-8-22(9-13-24)18-28(34)33(20-23-10-14-25(31)15-11-23)27(17-21-5-2-1-3-6-21)29(35)32-19-26-7-4-16-36-26/h1-3,5-6,8-15,26-27H,4,7,16-20H2,(H,32,35)/t26-,27-/m0/s1. The maximum atomic E-state index is 13.7. The number of hydrogen-bond donors (Lipinski definition) is 1. The molecule has 1 fully saturated rings. The first kappa shape index (κ1) is 26.2. The van der Waals surface area contributed by atoms with E-state index in [9.17, 15) is 9.59 Å². The van der Waals surface area contributed by atoms with Gasteiger partial charge in [0.1, 0.15) is 6.04 Å². The van der Waals surface area contributed by atoms with Crippen molar-refractivity contribution in [2.24, 2.45) is 0 Å². The van der Waals surface area contributed by atoms with E-state index in [0.29, 0.717) is 23.0 Å². The Bertz CT molecular complexity index is 1130. The summed E-state index contributed by atoms with van der Waals surface area (Å²) in [5, 5.41) is 4.28. The third kappa shape index (κ3) is 7.57. The third-order valence-electron chi connectivity index (χ3n) is 6.33. The zero-order chi connectivity index (χ0) is 25.3. The molecular weight excluding hydrogens is 495 g/mol. The van der Waals surface area contributed by atoms with Crippen LogP contribution >= 0.6 is 23.2 Å². The molecule has 36 heavy (non-hydrogen) atoms. The van der Waals surface area contributed by atoms with Gasteiger partial charge in [-0.15, -0.1) is 0 Å². The van der Waals surface area contributed by atoms with Crippen LogP contribution in [0.25, 0.3) is 0 Å². The molecule has 1 aliphatic rings. The topological polar surface area (TPSA) is 58.6 Å². The average Bonchev–Trinajstić information content (AvgIpc) is 3.41. The van der Waals surface area contributed by atoms with Crippen molar-refractivity contribution in [3.8, 4) is 0 Å². The molecule has 1 saturated heterocycles. The lowest BCUT2D eigenvalue weighted by atomic mass is 10.0. The van der Waals surface area contributed by atoms with Crippen LogP contribution in [0.1, 0.15) is 29.5 Å². The molecule has 0 aromatic heterocycles. The highest BCUT2D eigenvalue weighted by Crippen LogP contribution is 2.19. The molecule has 7 heteroatoms. The largest absolute Gasteiger partial charge is 0.376 e. The molecule has 0 bridgehead atoms. The fourth-order valence-corrected chi connectivity index (χ4v) is 4.61. The molecule has 3 aromatic rings. The van der Waals surface area contributed by atoms with E-state index in [-0.39, 0.29) is 30.9 Å². The molecule has 1 heterocycles. The summed E-state index contributed by atoms with van der Waals surface area (Å²) in [5.74, 6) is -0.326. The van der Waals surface area contributed by atoms with Crippen molar-refractivity contribution in [2.45, 2.75) is 44.4 Å². The number of amides is 2. The predicted molar refractivity (Wildman–Crippen MR) is 143 cm³/mol. The molecule has 0 spiro atoms. The van der Waals surface area contributed by atoms with Gasteiger partial charge in [0.05, 0.1) is 12.5 Å². The molecule has 0 aliphatic carbocycles. The minimum atomic E-state index is -0.690. The number of ether oxygens (including phenoxy) is 1. The minimum absolute atomic E-state index is 0.0146. The molecule has 2 amide bonds. The number of nitrogens with one attached hydrogen (secondary N) is 1. The quantitative estimate of drug-likeness (QED) is 0.382. The number of benzene rings is 3. The molecule has 1 aliphatic heterocycles. The Morgan fingerprint density at radius 3 is 2.14 bits per heavy atom. The van der Waals surface area contributed by atoms with E-state index in [1.165, 1.54) is 0 Å². The third-order valence-corrected chi connectivity index (χ3v) is 6.84. The Balaban J connectivity index is 1.61. The average molecular weight is 525 g/mol. The van der Waals surface area contributed by atoms with E-state index in [1.807, 2.05) is 54.6 Å².